The molecule has 0 spiro atoms. The Morgan fingerprint density at radius 1 is 1.26 bits per heavy atom. The van der Waals surface area contributed by atoms with Crippen LogP contribution in [0.1, 0.15) is 10.4 Å². The van der Waals surface area contributed by atoms with Crippen molar-refractivity contribution in [2.45, 2.75) is 0 Å². The van der Waals surface area contributed by atoms with Gasteiger partial charge in [0.1, 0.15) is 17.1 Å². The average molecular weight is 258 g/mol. The van der Waals surface area contributed by atoms with Gasteiger partial charge in [-0.3, -0.25) is 4.79 Å². The Morgan fingerprint density at radius 3 is 2.68 bits per heavy atom. The molecule has 0 aliphatic rings. The fourth-order valence-electron chi connectivity index (χ4n) is 1.74. The summed E-state index contributed by atoms with van der Waals surface area (Å²) in [5.74, 6) is 0.0870. The number of anilines is 2. The molecule has 5 heteroatoms. The second-order valence-electron chi connectivity index (χ2n) is 3.93. The fourth-order valence-corrected chi connectivity index (χ4v) is 1.74. The van der Waals surface area contributed by atoms with Gasteiger partial charge in [0.25, 0.3) is 5.91 Å². The maximum Gasteiger partial charge on any atom is 0.261 e. The van der Waals surface area contributed by atoms with Gasteiger partial charge in [-0.2, -0.15) is 0 Å². The molecule has 0 bridgehead atoms. The van der Waals surface area contributed by atoms with E-state index in [1.54, 1.807) is 30.3 Å². The maximum absolute atomic E-state index is 12.2. The number of nitrogen functional groups attached to an aromatic ring is 1. The number of benzene rings is 2. The summed E-state index contributed by atoms with van der Waals surface area (Å²) < 4.78 is 5.12. The van der Waals surface area contributed by atoms with E-state index in [1.165, 1.54) is 19.2 Å². The number of carbonyl (C=O) groups is 1. The van der Waals surface area contributed by atoms with Crippen LogP contribution in [0.3, 0.4) is 0 Å². The second kappa shape index (κ2) is 5.30. The molecule has 4 N–H and O–H groups in total. The van der Waals surface area contributed by atoms with Crippen LogP contribution in [0.2, 0.25) is 0 Å². The van der Waals surface area contributed by atoms with Gasteiger partial charge in [-0.15, -0.1) is 0 Å². The third-order valence-corrected chi connectivity index (χ3v) is 2.61. The van der Waals surface area contributed by atoms with Crippen molar-refractivity contribution >= 4 is 17.3 Å². The van der Waals surface area contributed by atoms with Gasteiger partial charge in [-0.1, -0.05) is 12.1 Å². The lowest BCUT2D eigenvalue weighted by molar-refractivity contribution is 0.102. The summed E-state index contributed by atoms with van der Waals surface area (Å²) in [7, 11) is 1.47. The standard InChI is InChI=1S/C14H14N2O3/c1-19-12-7-3-6-11(15)13(12)14(18)16-9-4-2-5-10(17)8-9/h2-8,17H,15H2,1H3,(H,16,18). The van der Waals surface area contributed by atoms with Crippen LogP contribution < -0.4 is 15.8 Å². The highest BCUT2D eigenvalue weighted by molar-refractivity contribution is 6.09. The van der Waals surface area contributed by atoms with Gasteiger partial charge in [0.2, 0.25) is 0 Å². The molecule has 0 heterocycles. The summed E-state index contributed by atoms with van der Waals surface area (Å²) in [5, 5.41) is 12.0. The van der Waals surface area contributed by atoms with Crippen LogP contribution >= 0.6 is 0 Å². The minimum atomic E-state index is -0.388. The highest BCUT2D eigenvalue weighted by atomic mass is 16.5. The summed E-state index contributed by atoms with van der Waals surface area (Å²) in [6, 6.07) is 11.3. The minimum Gasteiger partial charge on any atom is -0.508 e. The lowest BCUT2D eigenvalue weighted by atomic mass is 10.1. The van der Waals surface area contributed by atoms with Crippen LogP contribution in [0.25, 0.3) is 0 Å². The molecule has 2 aromatic carbocycles. The van der Waals surface area contributed by atoms with Gasteiger partial charge in [0.05, 0.1) is 7.11 Å². The first kappa shape index (κ1) is 12.8. The number of hydrogen-bond acceptors (Lipinski definition) is 4. The Labute approximate surface area is 110 Å². The molecule has 0 aliphatic carbocycles. The molecule has 1 amide bonds. The number of rotatable bonds is 3. The number of amides is 1. The monoisotopic (exact) mass is 258 g/mol. The number of phenols is 1. The van der Waals surface area contributed by atoms with E-state index in [1.807, 2.05) is 0 Å². The first-order valence-electron chi connectivity index (χ1n) is 5.64. The molecule has 0 unspecified atom stereocenters. The summed E-state index contributed by atoms with van der Waals surface area (Å²) in [5.41, 5.74) is 6.88. The van der Waals surface area contributed by atoms with Crippen molar-refractivity contribution in [2.75, 3.05) is 18.2 Å². The number of carbonyl (C=O) groups excluding carboxylic acids is 1. The predicted molar refractivity (Wildman–Crippen MR) is 73.5 cm³/mol. The van der Waals surface area contributed by atoms with E-state index in [9.17, 15) is 9.90 Å². The quantitative estimate of drug-likeness (QED) is 0.737. The summed E-state index contributed by atoms with van der Waals surface area (Å²) in [6.45, 7) is 0. The van der Waals surface area contributed by atoms with Crippen molar-refractivity contribution < 1.29 is 14.6 Å². The van der Waals surface area contributed by atoms with Gasteiger partial charge in [0.15, 0.2) is 0 Å². The van der Waals surface area contributed by atoms with Crippen LogP contribution in [0, 0.1) is 0 Å². The van der Waals surface area contributed by atoms with Gasteiger partial charge in [0, 0.05) is 17.4 Å². The molecule has 0 atom stereocenters. The lowest BCUT2D eigenvalue weighted by Crippen LogP contribution is -2.15. The van der Waals surface area contributed by atoms with Crippen molar-refractivity contribution in [3.05, 3.63) is 48.0 Å². The molecule has 98 valence electrons. The molecule has 0 saturated heterocycles. The van der Waals surface area contributed by atoms with Crippen molar-refractivity contribution in [2.24, 2.45) is 0 Å². The van der Waals surface area contributed by atoms with Gasteiger partial charge < -0.3 is 20.9 Å². The highest BCUT2D eigenvalue weighted by Gasteiger charge is 2.15. The van der Waals surface area contributed by atoms with E-state index in [0.717, 1.165) is 0 Å². The normalized spacial score (nSPS) is 9.95. The van der Waals surface area contributed by atoms with Crippen LogP contribution in [-0.4, -0.2) is 18.1 Å². The number of ether oxygens (including phenoxy) is 1. The van der Waals surface area contributed by atoms with Crippen molar-refractivity contribution in [1.82, 2.24) is 0 Å². The van der Waals surface area contributed by atoms with E-state index in [4.69, 9.17) is 10.5 Å². The molecule has 2 aromatic rings. The number of nitrogens with one attached hydrogen (secondary N) is 1. The number of aromatic hydroxyl groups is 1. The van der Waals surface area contributed by atoms with E-state index in [-0.39, 0.29) is 17.2 Å². The lowest BCUT2D eigenvalue weighted by Gasteiger charge is -2.11. The van der Waals surface area contributed by atoms with Crippen LogP contribution in [0.4, 0.5) is 11.4 Å². The van der Waals surface area contributed by atoms with E-state index in [0.29, 0.717) is 17.1 Å². The van der Waals surface area contributed by atoms with Crippen LogP contribution in [-0.2, 0) is 0 Å². The third-order valence-electron chi connectivity index (χ3n) is 2.61. The molecule has 0 radical (unpaired) electrons. The first-order valence-corrected chi connectivity index (χ1v) is 5.64. The molecule has 0 saturated carbocycles. The van der Waals surface area contributed by atoms with Gasteiger partial charge >= 0.3 is 0 Å². The minimum absolute atomic E-state index is 0.0748. The van der Waals surface area contributed by atoms with Crippen LogP contribution in [0.5, 0.6) is 11.5 Å². The zero-order valence-electron chi connectivity index (χ0n) is 10.4. The van der Waals surface area contributed by atoms with E-state index in [2.05, 4.69) is 5.32 Å². The molecule has 0 aromatic heterocycles. The number of nitrogens with two attached hydrogens (primary N) is 1. The molecular weight excluding hydrogens is 244 g/mol. The Kier molecular flexibility index (Phi) is 3.56. The molecular formula is C14H14N2O3. The smallest absolute Gasteiger partial charge is 0.261 e. The van der Waals surface area contributed by atoms with Gasteiger partial charge in [-0.05, 0) is 24.3 Å². The Balaban J connectivity index is 2.30. The second-order valence-corrected chi connectivity index (χ2v) is 3.93. The highest BCUT2D eigenvalue weighted by Crippen LogP contribution is 2.25. The first-order chi connectivity index (χ1) is 9.11. The van der Waals surface area contributed by atoms with Crippen LogP contribution in [0.15, 0.2) is 42.5 Å². The van der Waals surface area contributed by atoms with Crippen molar-refractivity contribution in [3.8, 4) is 11.5 Å². The van der Waals surface area contributed by atoms with E-state index >= 15 is 0 Å². The molecule has 0 fully saturated rings. The molecule has 0 aliphatic heterocycles. The Bertz CT molecular complexity index is 611. The maximum atomic E-state index is 12.2. The predicted octanol–water partition coefficient (Wildman–Crippen LogP) is 2.24. The Hall–Kier alpha value is -2.69. The topological polar surface area (TPSA) is 84.6 Å². The third kappa shape index (κ3) is 2.77. The summed E-state index contributed by atoms with van der Waals surface area (Å²) >= 11 is 0. The van der Waals surface area contributed by atoms with Crippen molar-refractivity contribution in [1.29, 1.82) is 0 Å². The SMILES string of the molecule is COc1cccc(N)c1C(=O)Nc1cccc(O)c1. The number of methoxy groups -OCH3 is 1. The fraction of sp³-hybridized carbons (Fsp3) is 0.0714. The van der Waals surface area contributed by atoms with Crippen molar-refractivity contribution in [3.63, 3.8) is 0 Å². The molecule has 5 nitrogen and oxygen atoms in total. The zero-order chi connectivity index (χ0) is 13.8. The molecule has 19 heavy (non-hydrogen) atoms. The van der Waals surface area contributed by atoms with Gasteiger partial charge in [-0.25, -0.2) is 0 Å². The summed E-state index contributed by atoms with van der Waals surface area (Å²) in [6.07, 6.45) is 0. The summed E-state index contributed by atoms with van der Waals surface area (Å²) in [4.78, 5) is 12.2. The molecule has 2 rings (SSSR count). The largest absolute Gasteiger partial charge is 0.508 e. The average Bonchev–Trinajstić information content (AvgIpc) is 2.38. The Morgan fingerprint density at radius 2 is 2.00 bits per heavy atom. The number of phenolic OH excluding ortho intramolecular Hbond substituents is 1. The zero-order valence-corrected chi connectivity index (χ0v) is 10.4. The van der Waals surface area contributed by atoms with E-state index < -0.39 is 0 Å². The number of hydrogen-bond donors (Lipinski definition) is 3.